The number of likely N-dealkylation sites (tertiary alicyclic amines) is 1. The summed E-state index contributed by atoms with van der Waals surface area (Å²) in [4.78, 5) is 7.27. The zero-order valence-corrected chi connectivity index (χ0v) is 19.2. The summed E-state index contributed by atoms with van der Waals surface area (Å²) >= 11 is 0. The van der Waals surface area contributed by atoms with E-state index in [1.807, 2.05) is 18.2 Å². The number of hydrogen-bond acceptors (Lipinski definition) is 4. The lowest BCUT2D eigenvalue weighted by molar-refractivity contribution is 0.122. The zero-order valence-electron chi connectivity index (χ0n) is 19.2. The first-order valence-corrected chi connectivity index (χ1v) is 11.1. The van der Waals surface area contributed by atoms with Crippen LogP contribution in [0.2, 0.25) is 0 Å². The number of piperidine rings is 1. The Morgan fingerprint density at radius 1 is 1.06 bits per heavy atom. The fourth-order valence-corrected chi connectivity index (χ4v) is 4.37. The van der Waals surface area contributed by atoms with Crippen LogP contribution in [0.1, 0.15) is 36.9 Å². The van der Waals surface area contributed by atoms with Gasteiger partial charge >= 0.3 is 0 Å². The van der Waals surface area contributed by atoms with E-state index < -0.39 is 0 Å². The number of guanidine groups is 1. The highest BCUT2D eigenvalue weighted by atomic mass is 16.5. The van der Waals surface area contributed by atoms with E-state index in [0.29, 0.717) is 18.5 Å². The fraction of sp³-hybridized carbons (Fsp3) is 0.480. The van der Waals surface area contributed by atoms with Crippen LogP contribution in [0, 0.1) is 5.92 Å². The molecular formula is C25H36N4O2. The molecule has 1 saturated heterocycles. The van der Waals surface area contributed by atoms with Gasteiger partial charge < -0.3 is 20.1 Å². The molecule has 1 aliphatic heterocycles. The number of nitrogens with zero attached hydrogens (tertiary/aromatic N) is 2. The van der Waals surface area contributed by atoms with E-state index >= 15 is 0 Å². The molecule has 6 heteroatoms. The van der Waals surface area contributed by atoms with Crippen LogP contribution in [0.5, 0.6) is 11.5 Å². The van der Waals surface area contributed by atoms with Gasteiger partial charge in [0.15, 0.2) is 5.96 Å². The molecule has 1 fully saturated rings. The van der Waals surface area contributed by atoms with Gasteiger partial charge in [0, 0.05) is 24.7 Å². The van der Waals surface area contributed by atoms with Crippen molar-refractivity contribution in [3.63, 3.8) is 0 Å². The zero-order chi connectivity index (χ0) is 22.1. The van der Waals surface area contributed by atoms with Gasteiger partial charge in [-0.3, -0.25) is 4.90 Å². The predicted octanol–water partition coefficient (Wildman–Crippen LogP) is 3.84. The van der Waals surface area contributed by atoms with Gasteiger partial charge in [0.05, 0.1) is 20.8 Å². The molecule has 0 aliphatic carbocycles. The molecule has 0 aromatic heterocycles. The fourth-order valence-electron chi connectivity index (χ4n) is 4.37. The van der Waals surface area contributed by atoms with Crippen LogP contribution in [-0.4, -0.2) is 51.8 Å². The molecule has 2 aromatic carbocycles. The third-order valence-electron chi connectivity index (χ3n) is 5.94. The van der Waals surface area contributed by atoms with Crippen LogP contribution < -0.4 is 20.1 Å². The van der Waals surface area contributed by atoms with Gasteiger partial charge in [0.1, 0.15) is 11.5 Å². The highest BCUT2D eigenvalue weighted by molar-refractivity contribution is 5.79. The molecule has 6 nitrogen and oxygen atoms in total. The third kappa shape index (κ3) is 6.14. The normalized spacial score (nSPS) is 19.7. The Bertz CT molecular complexity index is 838. The molecule has 168 valence electrons. The second-order valence-corrected chi connectivity index (χ2v) is 7.99. The molecule has 1 aliphatic rings. The molecule has 3 rings (SSSR count). The van der Waals surface area contributed by atoms with Crippen LogP contribution in [0.25, 0.3) is 0 Å². The highest BCUT2D eigenvalue weighted by Crippen LogP contribution is 2.35. The summed E-state index contributed by atoms with van der Waals surface area (Å²) in [6.45, 7) is 5.48. The molecule has 2 unspecified atom stereocenters. The molecule has 0 saturated carbocycles. The topological polar surface area (TPSA) is 58.1 Å². The number of methoxy groups -OCH3 is 2. The van der Waals surface area contributed by atoms with Gasteiger partial charge in [-0.15, -0.1) is 0 Å². The van der Waals surface area contributed by atoms with Crippen LogP contribution in [-0.2, 0) is 6.54 Å². The van der Waals surface area contributed by atoms with Crippen molar-refractivity contribution >= 4 is 5.96 Å². The van der Waals surface area contributed by atoms with Crippen LogP contribution in [0.4, 0.5) is 0 Å². The quantitative estimate of drug-likeness (QED) is 0.498. The van der Waals surface area contributed by atoms with Crippen molar-refractivity contribution in [3.05, 3.63) is 59.7 Å². The maximum Gasteiger partial charge on any atom is 0.191 e. The van der Waals surface area contributed by atoms with E-state index in [2.05, 4.69) is 59.8 Å². The van der Waals surface area contributed by atoms with E-state index in [0.717, 1.165) is 42.7 Å². The predicted molar refractivity (Wildman–Crippen MR) is 127 cm³/mol. The van der Waals surface area contributed by atoms with Crippen molar-refractivity contribution < 1.29 is 9.47 Å². The monoisotopic (exact) mass is 424 g/mol. The molecule has 0 spiro atoms. The van der Waals surface area contributed by atoms with Crippen molar-refractivity contribution in [2.45, 2.75) is 32.4 Å². The lowest BCUT2D eigenvalue weighted by atomic mass is 9.85. The first-order valence-electron chi connectivity index (χ1n) is 11.1. The largest absolute Gasteiger partial charge is 0.497 e. The molecule has 1 heterocycles. The molecular weight excluding hydrogens is 388 g/mol. The van der Waals surface area contributed by atoms with Gasteiger partial charge in [-0.1, -0.05) is 30.3 Å². The van der Waals surface area contributed by atoms with E-state index in [1.165, 1.54) is 18.4 Å². The van der Waals surface area contributed by atoms with E-state index in [1.54, 1.807) is 14.2 Å². The molecule has 31 heavy (non-hydrogen) atoms. The summed E-state index contributed by atoms with van der Waals surface area (Å²) in [5, 5.41) is 6.97. The molecule has 0 radical (unpaired) electrons. The summed E-state index contributed by atoms with van der Waals surface area (Å²) in [6.07, 6.45) is 2.41. The van der Waals surface area contributed by atoms with Crippen molar-refractivity contribution in [2.24, 2.45) is 10.9 Å². The Labute approximate surface area is 186 Å². The number of nitrogens with one attached hydrogen (secondary N) is 2. The summed E-state index contributed by atoms with van der Waals surface area (Å²) in [5.41, 5.74) is 2.42. The summed E-state index contributed by atoms with van der Waals surface area (Å²) in [5.74, 6) is 3.11. The second kappa shape index (κ2) is 11.6. The third-order valence-corrected chi connectivity index (χ3v) is 5.94. The Morgan fingerprint density at radius 3 is 2.55 bits per heavy atom. The average Bonchev–Trinajstić information content (AvgIpc) is 2.81. The summed E-state index contributed by atoms with van der Waals surface area (Å²) < 4.78 is 10.8. The van der Waals surface area contributed by atoms with Crippen LogP contribution >= 0.6 is 0 Å². The van der Waals surface area contributed by atoms with E-state index in [4.69, 9.17) is 14.5 Å². The average molecular weight is 425 g/mol. The molecule has 2 N–H and O–H groups in total. The van der Waals surface area contributed by atoms with Crippen molar-refractivity contribution in [1.82, 2.24) is 15.5 Å². The van der Waals surface area contributed by atoms with Gasteiger partial charge in [0.25, 0.3) is 0 Å². The van der Waals surface area contributed by atoms with Crippen LogP contribution in [0.3, 0.4) is 0 Å². The lowest BCUT2D eigenvalue weighted by Gasteiger charge is -2.40. The SMILES string of the molecule is CCNC(=NCc1ccccc1OC)NCC1CCCN(C)C1c1ccc(OC)cc1. The second-order valence-electron chi connectivity index (χ2n) is 7.99. The number of hydrogen-bond donors (Lipinski definition) is 2. The Kier molecular flexibility index (Phi) is 8.59. The minimum atomic E-state index is 0.379. The molecule has 0 amide bonds. The van der Waals surface area contributed by atoms with Gasteiger partial charge in [-0.05, 0) is 63.0 Å². The van der Waals surface area contributed by atoms with Crippen molar-refractivity contribution in [2.75, 3.05) is 40.9 Å². The standard InChI is InChI=1S/C25H36N4O2/c1-5-26-25(27-17-20-9-6-7-11-23(20)31-4)28-18-21-10-8-16-29(2)24(21)19-12-14-22(30-3)15-13-19/h6-7,9,11-15,21,24H,5,8,10,16-18H2,1-4H3,(H2,26,27,28). The smallest absolute Gasteiger partial charge is 0.191 e. The van der Waals surface area contributed by atoms with Gasteiger partial charge in [0.2, 0.25) is 0 Å². The summed E-state index contributed by atoms with van der Waals surface area (Å²) in [7, 11) is 5.63. The Morgan fingerprint density at radius 2 is 1.84 bits per heavy atom. The molecule has 0 bridgehead atoms. The Hall–Kier alpha value is -2.73. The van der Waals surface area contributed by atoms with Crippen molar-refractivity contribution in [3.8, 4) is 11.5 Å². The van der Waals surface area contributed by atoms with Crippen molar-refractivity contribution in [1.29, 1.82) is 0 Å². The van der Waals surface area contributed by atoms with E-state index in [9.17, 15) is 0 Å². The number of ether oxygens (including phenoxy) is 2. The molecule has 2 atom stereocenters. The minimum absolute atomic E-state index is 0.379. The van der Waals surface area contributed by atoms with Gasteiger partial charge in [-0.2, -0.15) is 0 Å². The highest BCUT2D eigenvalue weighted by Gasteiger charge is 2.30. The number of benzene rings is 2. The minimum Gasteiger partial charge on any atom is -0.497 e. The maximum absolute atomic E-state index is 5.46. The van der Waals surface area contributed by atoms with Crippen LogP contribution in [0.15, 0.2) is 53.5 Å². The number of aliphatic imine (C=N–C) groups is 1. The number of para-hydroxylation sites is 1. The van der Waals surface area contributed by atoms with Gasteiger partial charge in [-0.25, -0.2) is 4.99 Å². The lowest BCUT2D eigenvalue weighted by Crippen LogP contribution is -2.45. The number of rotatable bonds is 8. The molecule has 2 aromatic rings. The first kappa shape index (κ1) is 22.9. The maximum atomic E-state index is 5.46. The first-order chi connectivity index (χ1) is 15.2. The summed E-state index contributed by atoms with van der Waals surface area (Å²) in [6, 6.07) is 16.9. The Balaban J connectivity index is 1.69. The van der Waals surface area contributed by atoms with E-state index in [-0.39, 0.29) is 0 Å².